The van der Waals surface area contributed by atoms with Crippen molar-refractivity contribution in [1.29, 1.82) is 0 Å². The van der Waals surface area contributed by atoms with Crippen LogP contribution >= 0.6 is 0 Å². The number of anilines is 1. The zero-order chi connectivity index (χ0) is 17.7. The molecule has 7 heteroatoms. The van der Waals surface area contributed by atoms with Gasteiger partial charge in [-0.05, 0) is 43.9 Å². The Balaban J connectivity index is 2.08. The monoisotopic (exact) mass is 334 g/mol. The molecule has 0 bridgehead atoms. The molecule has 1 aromatic carbocycles. The zero-order valence-corrected chi connectivity index (χ0v) is 13.8. The maximum absolute atomic E-state index is 12.4. The third-order valence-electron chi connectivity index (χ3n) is 4.39. The number of hydrogen-bond donors (Lipinski definition) is 3. The molecule has 0 heterocycles. The van der Waals surface area contributed by atoms with Crippen LogP contribution in [0.1, 0.15) is 36.0 Å². The molecule has 0 saturated heterocycles. The van der Waals surface area contributed by atoms with E-state index < -0.39 is 5.97 Å². The van der Waals surface area contributed by atoms with Gasteiger partial charge in [-0.25, -0.2) is 0 Å². The fourth-order valence-electron chi connectivity index (χ4n) is 2.93. The van der Waals surface area contributed by atoms with Crippen LogP contribution in [-0.4, -0.2) is 37.0 Å². The third-order valence-corrected chi connectivity index (χ3v) is 4.39. The predicted molar refractivity (Wildman–Crippen MR) is 88.1 cm³/mol. The summed E-state index contributed by atoms with van der Waals surface area (Å²) in [6.07, 6.45) is 2.09. The maximum atomic E-state index is 12.4. The molecule has 1 saturated carbocycles. The van der Waals surface area contributed by atoms with Crippen molar-refractivity contribution in [3.63, 3.8) is 0 Å². The largest absolute Gasteiger partial charge is 0.495 e. The van der Waals surface area contributed by atoms with Gasteiger partial charge in [-0.15, -0.1) is 0 Å². The van der Waals surface area contributed by atoms with Crippen LogP contribution in [0.25, 0.3) is 0 Å². The molecule has 0 atom stereocenters. The summed E-state index contributed by atoms with van der Waals surface area (Å²) in [6.45, 7) is 0. The van der Waals surface area contributed by atoms with E-state index in [2.05, 4.69) is 10.6 Å². The lowest BCUT2D eigenvalue weighted by atomic mass is 9.81. The van der Waals surface area contributed by atoms with E-state index in [9.17, 15) is 14.4 Å². The Morgan fingerprint density at radius 3 is 2.29 bits per heavy atom. The normalized spacial score (nSPS) is 20.1. The second-order valence-electron chi connectivity index (χ2n) is 5.87. The van der Waals surface area contributed by atoms with Gasteiger partial charge in [0.25, 0.3) is 5.91 Å². The zero-order valence-electron chi connectivity index (χ0n) is 13.8. The van der Waals surface area contributed by atoms with Gasteiger partial charge in [0.1, 0.15) is 5.75 Å². The maximum Gasteiger partial charge on any atom is 0.306 e. The molecule has 3 N–H and O–H groups in total. The van der Waals surface area contributed by atoms with E-state index in [1.807, 2.05) is 0 Å². The summed E-state index contributed by atoms with van der Waals surface area (Å²) in [5.74, 6) is -1.35. The van der Waals surface area contributed by atoms with E-state index in [1.165, 1.54) is 14.2 Å². The Kier molecular flexibility index (Phi) is 5.78. The summed E-state index contributed by atoms with van der Waals surface area (Å²) < 4.78 is 5.23. The van der Waals surface area contributed by atoms with Gasteiger partial charge < -0.3 is 20.5 Å². The molecular weight excluding hydrogens is 312 g/mol. The minimum absolute atomic E-state index is 0.175. The number of ether oxygens (including phenoxy) is 1. The fourth-order valence-corrected chi connectivity index (χ4v) is 2.93. The highest BCUT2D eigenvalue weighted by molar-refractivity contribution is 5.98. The molecule has 0 unspecified atom stereocenters. The van der Waals surface area contributed by atoms with Crippen molar-refractivity contribution in [1.82, 2.24) is 5.32 Å². The number of carboxylic acid groups (broad SMARTS) is 1. The van der Waals surface area contributed by atoms with Gasteiger partial charge in [0.05, 0.1) is 18.7 Å². The van der Waals surface area contributed by atoms with E-state index in [-0.39, 0.29) is 23.7 Å². The lowest BCUT2D eigenvalue weighted by molar-refractivity contribution is -0.143. The summed E-state index contributed by atoms with van der Waals surface area (Å²) in [5.41, 5.74) is 0.854. The van der Waals surface area contributed by atoms with Crippen LogP contribution in [0, 0.1) is 11.8 Å². The van der Waals surface area contributed by atoms with E-state index >= 15 is 0 Å². The van der Waals surface area contributed by atoms with Crippen LogP contribution in [0.3, 0.4) is 0 Å². The van der Waals surface area contributed by atoms with Crippen molar-refractivity contribution in [3.05, 3.63) is 23.8 Å². The first-order valence-electron chi connectivity index (χ1n) is 7.90. The highest BCUT2D eigenvalue weighted by Gasteiger charge is 2.30. The van der Waals surface area contributed by atoms with Gasteiger partial charge in [-0.3, -0.25) is 14.4 Å². The molecule has 2 amide bonds. The Morgan fingerprint density at radius 1 is 1.12 bits per heavy atom. The van der Waals surface area contributed by atoms with Crippen molar-refractivity contribution in [2.24, 2.45) is 11.8 Å². The van der Waals surface area contributed by atoms with E-state index in [1.54, 1.807) is 18.2 Å². The first-order chi connectivity index (χ1) is 11.5. The fraction of sp³-hybridized carbons (Fsp3) is 0.471. The molecule has 0 aromatic heterocycles. The molecule has 0 radical (unpaired) electrons. The number of carbonyl (C=O) groups excluding carboxylic acids is 2. The molecule has 7 nitrogen and oxygen atoms in total. The van der Waals surface area contributed by atoms with Crippen molar-refractivity contribution in [2.45, 2.75) is 25.7 Å². The van der Waals surface area contributed by atoms with Gasteiger partial charge in [0.15, 0.2) is 0 Å². The molecule has 2 rings (SSSR count). The number of nitrogens with one attached hydrogen (secondary N) is 2. The highest BCUT2D eigenvalue weighted by atomic mass is 16.5. The third kappa shape index (κ3) is 4.04. The number of amides is 2. The molecule has 0 aliphatic heterocycles. The number of rotatable bonds is 5. The van der Waals surface area contributed by atoms with Crippen molar-refractivity contribution in [3.8, 4) is 5.75 Å². The standard InChI is InChI=1S/C17H22N2O5/c1-18-15(20)12-7-8-14(24-2)13(9-12)19-16(21)10-3-5-11(6-4-10)17(22)23/h7-11H,3-6H2,1-2H3,(H,18,20)(H,19,21)(H,22,23). The first-order valence-corrected chi connectivity index (χ1v) is 7.90. The van der Waals surface area contributed by atoms with E-state index in [0.717, 1.165) is 0 Å². The summed E-state index contributed by atoms with van der Waals surface area (Å²) in [5, 5.41) is 14.4. The van der Waals surface area contributed by atoms with Crippen molar-refractivity contribution >= 4 is 23.5 Å². The summed E-state index contributed by atoms with van der Waals surface area (Å²) in [6, 6.07) is 4.81. The predicted octanol–water partition coefficient (Wildman–Crippen LogP) is 1.88. The molecular formula is C17H22N2O5. The highest BCUT2D eigenvalue weighted by Crippen LogP contribution is 2.31. The first kappa shape index (κ1) is 17.8. The number of carboxylic acids is 1. The van der Waals surface area contributed by atoms with Gasteiger partial charge >= 0.3 is 5.97 Å². The second kappa shape index (κ2) is 7.81. The molecule has 1 aliphatic rings. The summed E-state index contributed by atoms with van der Waals surface area (Å²) >= 11 is 0. The number of aliphatic carboxylic acids is 1. The van der Waals surface area contributed by atoms with Crippen LogP contribution in [0.2, 0.25) is 0 Å². The molecule has 24 heavy (non-hydrogen) atoms. The molecule has 1 fully saturated rings. The van der Waals surface area contributed by atoms with Crippen molar-refractivity contribution < 1.29 is 24.2 Å². The van der Waals surface area contributed by atoms with Gasteiger partial charge in [0, 0.05) is 18.5 Å². The number of hydrogen-bond acceptors (Lipinski definition) is 4. The Morgan fingerprint density at radius 2 is 1.75 bits per heavy atom. The Hall–Kier alpha value is -2.57. The van der Waals surface area contributed by atoms with Gasteiger partial charge in [0.2, 0.25) is 5.91 Å². The van der Waals surface area contributed by atoms with E-state index in [0.29, 0.717) is 42.7 Å². The second-order valence-corrected chi connectivity index (χ2v) is 5.87. The lowest BCUT2D eigenvalue weighted by Crippen LogP contribution is -2.29. The molecule has 1 aliphatic carbocycles. The van der Waals surface area contributed by atoms with Crippen LogP contribution in [-0.2, 0) is 9.59 Å². The van der Waals surface area contributed by atoms with Crippen LogP contribution in [0.5, 0.6) is 5.75 Å². The van der Waals surface area contributed by atoms with E-state index in [4.69, 9.17) is 9.84 Å². The number of methoxy groups -OCH3 is 1. The lowest BCUT2D eigenvalue weighted by Gasteiger charge is -2.25. The summed E-state index contributed by atoms with van der Waals surface area (Å²) in [7, 11) is 3.02. The number of benzene rings is 1. The van der Waals surface area contributed by atoms with Gasteiger partial charge in [-0.1, -0.05) is 0 Å². The van der Waals surface area contributed by atoms with Crippen LogP contribution in [0.15, 0.2) is 18.2 Å². The van der Waals surface area contributed by atoms with Crippen molar-refractivity contribution in [2.75, 3.05) is 19.5 Å². The minimum atomic E-state index is -0.797. The Labute approximate surface area is 140 Å². The topological polar surface area (TPSA) is 105 Å². The molecule has 1 aromatic rings. The SMILES string of the molecule is CNC(=O)c1ccc(OC)c(NC(=O)C2CCC(C(=O)O)CC2)c1. The Bertz CT molecular complexity index is 636. The average Bonchev–Trinajstić information content (AvgIpc) is 2.60. The molecule has 0 spiro atoms. The summed E-state index contributed by atoms with van der Waals surface area (Å²) in [4.78, 5) is 35.2. The van der Waals surface area contributed by atoms with Gasteiger partial charge in [-0.2, -0.15) is 0 Å². The smallest absolute Gasteiger partial charge is 0.306 e. The minimum Gasteiger partial charge on any atom is -0.495 e. The number of carbonyl (C=O) groups is 3. The molecule has 130 valence electrons. The van der Waals surface area contributed by atoms with Crippen LogP contribution < -0.4 is 15.4 Å². The quantitative estimate of drug-likeness (QED) is 0.762. The average molecular weight is 334 g/mol. The van der Waals surface area contributed by atoms with Crippen LogP contribution in [0.4, 0.5) is 5.69 Å².